The highest BCUT2D eigenvalue weighted by Gasteiger charge is 2.44. The molecule has 0 radical (unpaired) electrons. The maximum atomic E-state index is 13.9. The molecule has 145 heavy (non-hydrogen) atoms. The van der Waals surface area contributed by atoms with Gasteiger partial charge in [0, 0.05) is 153 Å². The number of fused-ring (bicyclic) bond motifs is 5. The number of alkyl halides is 9. The third kappa shape index (κ3) is 23.5. The van der Waals surface area contributed by atoms with Crippen LogP contribution in [0.25, 0.3) is 5.65 Å². The number of halogens is 15. The second-order valence-corrected chi connectivity index (χ2v) is 38.3. The molecular weight excluding hydrogens is 1960 g/mol. The Labute approximate surface area is 833 Å². The van der Waals surface area contributed by atoms with E-state index in [4.69, 9.17) is 23.2 Å². The Morgan fingerprint density at radius 2 is 0.669 bits per heavy atom. The molecule has 15 heterocycles. The summed E-state index contributed by atoms with van der Waals surface area (Å²) in [6.07, 6.45) is -3.08. The van der Waals surface area contributed by atoms with Crippen molar-refractivity contribution in [2.45, 2.75) is 192 Å². The second-order valence-electron chi connectivity index (χ2n) is 37.5. The lowest BCUT2D eigenvalue weighted by Crippen LogP contribution is -2.39. The minimum Gasteiger partial charge on any atom is -0.337 e. The number of carbonyl (C=O) groups excluding carboxylic acids is 9. The van der Waals surface area contributed by atoms with Gasteiger partial charge in [-0.25, -0.2) is 27.1 Å². The van der Waals surface area contributed by atoms with E-state index in [0.717, 1.165) is 112 Å². The van der Waals surface area contributed by atoms with Crippen LogP contribution in [0.5, 0.6) is 0 Å². The van der Waals surface area contributed by atoms with Crippen molar-refractivity contribution < 1.29 is 100 Å². The Balaban J connectivity index is 0.000000130. The SMILES string of the molecule is CC(=O)N1CCc2c(C(=O)N3CCC(c4cc(F)ccc4C(F)(F)F)CC3)n[nH]c2C1.CC(=O)N1CCc2c(C(=O)N3CCC(c4cc(F)ccc4Cl)CC3)n[nH]c2C1.CC(=O)N1CCc2c(C(=O)N3CCC(c4cccc(F)c4C(F)(F)F)CC3)n[nH]c2C1.CC(=O)N1CCc2c(C(=O)N3CCC(c4cccc(F)c4Cl)CC3)n[nH]c2C1.O=C(c1cn2ncccc2n1)N1CCC(c2ccccc2C(F)(F)F)CC1. The van der Waals surface area contributed by atoms with E-state index in [9.17, 15) is 100 Å². The van der Waals surface area contributed by atoms with Gasteiger partial charge in [-0.05, 0) is 214 Å². The minimum absolute atomic E-state index is 0.0196. The summed E-state index contributed by atoms with van der Waals surface area (Å²) < 4.78 is 176. The third-order valence-electron chi connectivity index (χ3n) is 28.7. The molecule has 0 atom stereocenters. The lowest BCUT2D eigenvalue weighted by Gasteiger charge is -2.33. The first-order chi connectivity index (χ1) is 69.1. The lowest BCUT2D eigenvalue weighted by molar-refractivity contribution is -0.141. The molecule has 768 valence electrons. The average molecular weight is 2060 g/mol. The van der Waals surface area contributed by atoms with E-state index in [2.05, 4.69) is 50.9 Å². The summed E-state index contributed by atoms with van der Waals surface area (Å²) in [6, 6.07) is 24.5. The highest BCUT2D eigenvalue weighted by Crippen LogP contribution is 2.46. The van der Waals surface area contributed by atoms with Crippen LogP contribution in [0, 0.1) is 23.3 Å². The fourth-order valence-corrected chi connectivity index (χ4v) is 21.4. The van der Waals surface area contributed by atoms with Crippen LogP contribution in [0.3, 0.4) is 0 Å². The van der Waals surface area contributed by atoms with Crippen molar-refractivity contribution in [3.05, 3.63) is 273 Å². The zero-order valence-electron chi connectivity index (χ0n) is 79.6. The topological polar surface area (TPSA) is 328 Å². The molecule has 6 aromatic heterocycles. The van der Waals surface area contributed by atoms with Gasteiger partial charge in [0.05, 0.1) is 76.9 Å². The molecule has 5 aromatic carbocycles. The number of aromatic nitrogens is 11. The largest absolute Gasteiger partial charge is 0.419 e. The summed E-state index contributed by atoms with van der Waals surface area (Å²) in [7, 11) is 0. The van der Waals surface area contributed by atoms with Crippen LogP contribution in [-0.2, 0) is 89.6 Å². The number of piperidine rings is 5. The van der Waals surface area contributed by atoms with Crippen molar-refractivity contribution in [2.24, 2.45) is 0 Å². The van der Waals surface area contributed by atoms with Gasteiger partial charge in [0.2, 0.25) is 23.6 Å². The predicted octanol–water partition coefficient (Wildman–Crippen LogP) is 17.0. The van der Waals surface area contributed by atoms with Gasteiger partial charge in [0.25, 0.3) is 29.5 Å². The van der Waals surface area contributed by atoms with Crippen molar-refractivity contribution in [2.75, 3.05) is 91.6 Å². The summed E-state index contributed by atoms with van der Waals surface area (Å²) >= 11 is 12.4. The molecule has 5 saturated heterocycles. The summed E-state index contributed by atoms with van der Waals surface area (Å²) in [5.41, 5.74) is 8.16. The van der Waals surface area contributed by atoms with E-state index in [1.807, 2.05) is 6.07 Å². The number of rotatable bonds is 10. The standard InChI is InChI=1S/2C21H22F4N4O2.2C20H22ClFN4O2.C19H17F3N4O/c1-12(30)29-9-6-15-18(11-29)26-27-19(15)20(31)28-7-4-13(5-8-28)16-10-14(22)2-3-17(16)21(23,24)25;1-12(30)29-10-7-15-17(11-29)26-27-19(15)20(31)28-8-5-13(6-9-28)14-3-2-4-16(22)18(14)21(23,24)25;1-12(27)26-9-6-15-18(11-26)23-24-19(15)20(28)25-7-4-13(5-8-25)16-10-14(22)2-3-17(16)21;1-12(27)26-10-7-15-17(11-26)23-24-19(15)20(28)25-8-5-13(6-9-25)14-3-2-4-16(22)18(14)21;20-19(21,22)15-5-2-1-4-14(15)13-7-10-25(11-8-13)18(27)16-12-26-17(24-16)6-3-9-23-26/h2-3,10,13H,4-9,11H2,1H3,(H,26,27);2-4,13H,5-11H2,1H3,(H,26,27);2-3,10,13H,4-9,11H2,1H3,(H,23,24);2-4,13H,5-11H2,1H3,(H,23,24);1-6,9,12-13H,7-8,10-11H2. The zero-order chi connectivity index (χ0) is 103. The molecule has 9 aliphatic rings. The van der Waals surface area contributed by atoms with E-state index in [1.165, 1.54) is 54.8 Å². The summed E-state index contributed by atoms with van der Waals surface area (Å²) in [5.74, 6) is -4.56. The van der Waals surface area contributed by atoms with Gasteiger partial charge in [-0.15, -0.1) is 0 Å². The van der Waals surface area contributed by atoms with Gasteiger partial charge >= 0.3 is 18.5 Å². The quantitative estimate of drug-likeness (QED) is 0.0925. The Morgan fingerprint density at radius 3 is 1.06 bits per heavy atom. The molecule has 0 aliphatic carbocycles. The number of benzene rings is 5. The fraction of sp³-hybridized carbons (Fsp3) is 0.436. The Hall–Kier alpha value is -13.5. The summed E-state index contributed by atoms with van der Waals surface area (Å²) in [5, 5.41) is 33.2. The monoisotopic (exact) mass is 2060 g/mol. The number of hydrogen-bond acceptors (Lipinski definition) is 15. The lowest BCUT2D eigenvalue weighted by atomic mass is 9.86. The number of nitrogens with zero attached hydrogens (tertiary/aromatic N) is 16. The second kappa shape index (κ2) is 44.2. The van der Waals surface area contributed by atoms with Crippen molar-refractivity contribution >= 4 is 82.0 Å². The molecule has 4 N–H and O–H groups in total. The molecule has 0 bridgehead atoms. The van der Waals surface area contributed by atoms with Gasteiger partial charge in [0.1, 0.15) is 29.0 Å². The summed E-state index contributed by atoms with van der Waals surface area (Å²) in [6.45, 7) is 14.1. The van der Waals surface area contributed by atoms with Crippen molar-refractivity contribution in [1.29, 1.82) is 0 Å². The Kier molecular flexibility index (Phi) is 31.8. The molecule has 11 aromatic rings. The molecule has 29 nitrogen and oxygen atoms in total. The van der Waals surface area contributed by atoms with E-state index in [-0.39, 0.29) is 119 Å². The number of aromatic amines is 4. The zero-order valence-corrected chi connectivity index (χ0v) is 81.1. The molecule has 9 amide bonds. The molecule has 9 aliphatic heterocycles. The number of amides is 9. The predicted molar refractivity (Wildman–Crippen MR) is 503 cm³/mol. The molecule has 0 unspecified atom stereocenters. The van der Waals surface area contributed by atoms with Crippen LogP contribution in [0.15, 0.2) is 122 Å². The molecule has 5 fully saturated rings. The van der Waals surface area contributed by atoms with E-state index in [0.29, 0.717) is 201 Å². The smallest absolute Gasteiger partial charge is 0.337 e. The number of nitrogens with one attached hydrogen (secondary N) is 4. The van der Waals surface area contributed by atoms with Crippen molar-refractivity contribution in [1.82, 2.24) is 99.5 Å². The first-order valence-electron chi connectivity index (χ1n) is 47.9. The van der Waals surface area contributed by atoms with E-state index in [1.54, 1.807) is 107 Å². The maximum Gasteiger partial charge on any atom is 0.419 e. The molecule has 0 spiro atoms. The van der Waals surface area contributed by atoms with Crippen LogP contribution >= 0.6 is 23.2 Å². The number of likely N-dealkylation sites (tertiary alicyclic amines) is 5. The highest BCUT2D eigenvalue weighted by atomic mass is 35.5. The molecular formula is C101H105Cl2F13N20O9. The van der Waals surface area contributed by atoms with Gasteiger partial charge in [-0.3, -0.25) is 63.5 Å². The number of carbonyl (C=O) groups is 9. The van der Waals surface area contributed by atoms with E-state index < -0.39 is 64.5 Å². The van der Waals surface area contributed by atoms with Crippen LogP contribution < -0.4 is 0 Å². The first kappa shape index (κ1) is 104. The minimum atomic E-state index is -4.77. The van der Waals surface area contributed by atoms with Gasteiger partial charge in [0.15, 0.2) is 28.4 Å². The Morgan fingerprint density at radius 1 is 0.338 bits per heavy atom. The molecule has 44 heteroatoms. The van der Waals surface area contributed by atoms with Gasteiger partial charge < -0.3 is 44.1 Å². The van der Waals surface area contributed by atoms with Crippen LogP contribution in [0.4, 0.5) is 57.1 Å². The van der Waals surface area contributed by atoms with Crippen molar-refractivity contribution in [3.8, 4) is 0 Å². The van der Waals surface area contributed by atoms with Crippen molar-refractivity contribution in [3.63, 3.8) is 0 Å². The highest BCUT2D eigenvalue weighted by molar-refractivity contribution is 6.31. The maximum absolute atomic E-state index is 13.9. The number of H-pyrrole nitrogens is 4. The third-order valence-corrected chi connectivity index (χ3v) is 29.5. The number of hydrogen-bond donors (Lipinski definition) is 4. The first-order valence-corrected chi connectivity index (χ1v) is 48.7. The summed E-state index contributed by atoms with van der Waals surface area (Å²) in [4.78, 5) is 130. The van der Waals surface area contributed by atoms with Crippen LogP contribution in [0.1, 0.15) is 263 Å². The molecule has 0 saturated carbocycles. The van der Waals surface area contributed by atoms with E-state index >= 15 is 0 Å². The Bertz CT molecular complexity index is 6420. The normalized spacial score (nSPS) is 17.3. The molecule has 20 rings (SSSR count). The van der Waals surface area contributed by atoms with Crippen LogP contribution in [0.2, 0.25) is 10.0 Å². The van der Waals surface area contributed by atoms with Gasteiger partial charge in [-0.2, -0.15) is 65.0 Å². The average Bonchev–Trinajstić information content (AvgIpc) is 1.59. The fourth-order valence-electron chi connectivity index (χ4n) is 20.8. The number of imidazole rings is 1. The van der Waals surface area contributed by atoms with Gasteiger partial charge in [-0.1, -0.05) is 65.7 Å². The van der Waals surface area contributed by atoms with Crippen LogP contribution in [-0.4, -0.2) is 244 Å².